The van der Waals surface area contributed by atoms with Crippen molar-refractivity contribution in [1.82, 2.24) is 0 Å². The van der Waals surface area contributed by atoms with E-state index in [4.69, 9.17) is 14.7 Å². The summed E-state index contributed by atoms with van der Waals surface area (Å²) < 4.78 is 10.5. The Bertz CT molecular complexity index is 915. The van der Waals surface area contributed by atoms with Crippen molar-refractivity contribution in [3.63, 3.8) is 0 Å². The molecular weight excluding hydrogens is 368 g/mol. The number of methoxy groups -OCH3 is 1. The lowest BCUT2D eigenvalue weighted by molar-refractivity contribution is -0.153. The molecule has 0 spiro atoms. The number of piperidine rings is 1. The monoisotopic (exact) mass is 392 g/mol. The number of hydrogen-bond acceptors (Lipinski definition) is 5. The van der Waals surface area contributed by atoms with Gasteiger partial charge in [-0.25, -0.2) is 0 Å². The molecule has 0 unspecified atom stereocenters. The van der Waals surface area contributed by atoms with Crippen molar-refractivity contribution < 1.29 is 19.1 Å². The zero-order chi connectivity index (χ0) is 21.0. The average Bonchev–Trinajstić information content (AvgIpc) is 2.74. The molecule has 150 valence electrons. The quantitative estimate of drug-likeness (QED) is 0.720. The Morgan fingerprint density at radius 1 is 1.17 bits per heavy atom. The largest absolute Gasteiger partial charge is 0.497 e. The molecule has 1 saturated heterocycles. The number of amides is 1. The van der Waals surface area contributed by atoms with Gasteiger partial charge in [-0.3, -0.25) is 9.59 Å². The number of nitrogens with zero attached hydrogens (tertiary/aromatic N) is 2. The van der Waals surface area contributed by atoms with Crippen LogP contribution in [0.3, 0.4) is 0 Å². The lowest BCUT2D eigenvalue weighted by atomic mass is 9.83. The first-order valence-electron chi connectivity index (χ1n) is 9.57. The number of ether oxygens (including phenoxy) is 2. The van der Waals surface area contributed by atoms with Crippen LogP contribution in [0.2, 0.25) is 0 Å². The van der Waals surface area contributed by atoms with Crippen molar-refractivity contribution in [1.29, 1.82) is 5.26 Å². The number of esters is 1. The van der Waals surface area contributed by atoms with E-state index < -0.39 is 24.0 Å². The lowest BCUT2D eigenvalue weighted by Crippen LogP contribution is -2.46. The minimum atomic E-state index is -0.843. The number of benzene rings is 2. The van der Waals surface area contributed by atoms with E-state index in [0.29, 0.717) is 12.2 Å². The highest BCUT2D eigenvalue weighted by atomic mass is 16.5. The number of hydrogen-bond donors (Lipinski definition) is 0. The molecule has 1 aliphatic heterocycles. The van der Waals surface area contributed by atoms with E-state index in [1.165, 1.54) is 6.92 Å². The Morgan fingerprint density at radius 3 is 2.41 bits per heavy atom. The summed E-state index contributed by atoms with van der Waals surface area (Å²) in [5, 5.41) is 9.02. The first-order valence-corrected chi connectivity index (χ1v) is 9.57. The third kappa shape index (κ3) is 4.40. The summed E-state index contributed by atoms with van der Waals surface area (Å²) >= 11 is 0. The number of rotatable bonds is 5. The van der Waals surface area contributed by atoms with Crippen molar-refractivity contribution >= 4 is 17.6 Å². The van der Waals surface area contributed by atoms with Crippen LogP contribution in [0.5, 0.6) is 5.75 Å². The summed E-state index contributed by atoms with van der Waals surface area (Å²) in [6, 6.07) is 16.4. The van der Waals surface area contributed by atoms with Gasteiger partial charge in [-0.2, -0.15) is 5.26 Å². The number of anilines is 1. The molecule has 29 heavy (non-hydrogen) atoms. The Kier molecular flexibility index (Phi) is 6.18. The molecule has 0 aliphatic carbocycles. The molecule has 0 aromatic heterocycles. The van der Waals surface area contributed by atoms with Gasteiger partial charge in [-0.05, 0) is 50.1 Å². The SMILES string of the molecule is COc1ccc([C@@H]2[C@H](C(=O)O[C@@H](C)C#N)CCC(=O)N2c2ccc(C)cc2)cc1. The summed E-state index contributed by atoms with van der Waals surface area (Å²) in [6.07, 6.45) is -0.236. The molecule has 2 aromatic carbocycles. The topological polar surface area (TPSA) is 79.6 Å². The van der Waals surface area contributed by atoms with E-state index in [9.17, 15) is 9.59 Å². The van der Waals surface area contributed by atoms with E-state index >= 15 is 0 Å². The number of aryl methyl sites for hydroxylation is 1. The van der Waals surface area contributed by atoms with E-state index in [2.05, 4.69) is 0 Å². The van der Waals surface area contributed by atoms with Crippen LogP contribution < -0.4 is 9.64 Å². The van der Waals surface area contributed by atoms with Crippen molar-refractivity contribution in [2.45, 2.75) is 38.8 Å². The molecule has 6 heteroatoms. The van der Waals surface area contributed by atoms with Gasteiger partial charge in [0.2, 0.25) is 5.91 Å². The standard InChI is InChI=1S/C23H24N2O4/c1-15-4-8-18(9-5-15)25-21(26)13-12-20(23(27)29-16(2)14-24)22(25)17-6-10-19(28-3)11-7-17/h4-11,16,20,22H,12-13H2,1-3H3/t16-,20+,22+/m0/s1. The highest BCUT2D eigenvalue weighted by molar-refractivity contribution is 5.97. The van der Waals surface area contributed by atoms with Gasteiger partial charge < -0.3 is 14.4 Å². The van der Waals surface area contributed by atoms with Crippen LogP contribution in [0.25, 0.3) is 0 Å². The molecule has 0 bridgehead atoms. The van der Waals surface area contributed by atoms with E-state index in [-0.39, 0.29) is 12.3 Å². The molecule has 0 N–H and O–H groups in total. The zero-order valence-corrected chi connectivity index (χ0v) is 16.8. The smallest absolute Gasteiger partial charge is 0.312 e. The van der Waals surface area contributed by atoms with Crippen LogP contribution in [0, 0.1) is 24.2 Å². The summed E-state index contributed by atoms with van der Waals surface area (Å²) in [5.74, 6) is -0.398. The predicted molar refractivity (Wildman–Crippen MR) is 108 cm³/mol. The highest BCUT2D eigenvalue weighted by Crippen LogP contribution is 2.41. The van der Waals surface area contributed by atoms with Crippen LogP contribution in [-0.4, -0.2) is 25.1 Å². The molecule has 1 heterocycles. The van der Waals surface area contributed by atoms with E-state index in [1.807, 2.05) is 61.5 Å². The maximum atomic E-state index is 12.9. The van der Waals surface area contributed by atoms with Crippen LogP contribution in [0.1, 0.15) is 36.9 Å². The second-order valence-corrected chi connectivity index (χ2v) is 7.17. The third-order valence-corrected chi connectivity index (χ3v) is 5.14. The Morgan fingerprint density at radius 2 is 1.83 bits per heavy atom. The van der Waals surface area contributed by atoms with Gasteiger partial charge in [-0.1, -0.05) is 29.8 Å². The molecule has 1 amide bonds. The van der Waals surface area contributed by atoms with Gasteiger partial charge >= 0.3 is 5.97 Å². The summed E-state index contributed by atoms with van der Waals surface area (Å²) in [5.41, 5.74) is 2.62. The summed E-state index contributed by atoms with van der Waals surface area (Å²) in [6.45, 7) is 3.51. The van der Waals surface area contributed by atoms with Gasteiger partial charge in [0.25, 0.3) is 0 Å². The molecule has 2 aromatic rings. The van der Waals surface area contributed by atoms with Gasteiger partial charge in [0.05, 0.1) is 19.1 Å². The molecule has 3 atom stereocenters. The van der Waals surface area contributed by atoms with Gasteiger partial charge in [-0.15, -0.1) is 0 Å². The van der Waals surface area contributed by atoms with Crippen LogP contribution in [0.15, 0.2) is 48.5 Å². The van der Waals surface area contributed by atoms with Crippen molar-refractivity contribution in [3.8, 4) is 11.8 Å². The van der Waals surface area contributed by atoms with Crippen LogP contribution >= 0.6 is 0 Å². The fourth-order valence-corrected chi connectivity index (χ4v) is 3.62. The molecule has 1 fully saturated rings. The third-order valence-electron chi connectivity index (χ3n) is 5.14. The normalized spacial score (nSPS) is 19.9. The highest BCUT2D eigenvalue weighted by Gasteiger charge is 2.42. The Balaban J connectivity index is 2.05. The predicted octanol–water partition coefficient (Wildman–Crippen LogP) is 3.94. The molecule has 1 aliphatic rings. The maximum absolute atomic E-state index is 12.9. The van der Waals surface area contributed by atoms with Gasteiger partial charge in [0.1, 0.15) is 11.8 Å². The molecule has 3 rings (SSSR count). The molecule has 6 nitrogen and oxygen atoms in total. The average molecular weight is 392 g/mol. The van der Waals surface area contributed by atoms with Crippen LogP contribution in [-0.2, 0) is 14.3 Å². The van der Waals surface area contributed by atoms with E-state index in [0.717, 1.165) is 16.8 Å². The van der Waals surface area contributed by atoms with Crippen molar-refractivity contribution in [3.05, 3.63) is 59.7 Å². The summed E-state index contributed by atoms with van der Waals surface area (Å²) in [7, 11) is 1.58. The van der Waals surface area contributed by atoms with Gasteiger partial charge in [0.15, 0.2) is 6.10 Å². The van der Waals surface area contributed by atoms with E-state index in [1.54, 1.807) is 12.0 Å². The number of nitriles is 1. The fraction of sp³-hybridized carbons (Fsp3) is 0.348. The van der Waals surface area contributed by atoms with Crippen molar-refractivity contribution in [2.75, 3.05) is 12.0 Å². The second-order valence-electron chi connectivity index (χ2n) is 7.17. The maximum Gasteiger partial charge on any atom is 0.312 e. The summed E-state index contributed by atoms with van der Waals surface area (Å²) in [4.78, 5) is 27.5. The second kappa shape index (κ2) is 8.78. The molecular formula is C23H24N2O4. The Labute approximate surface area is 170 Å². The van der Waals surface area contributed by atoms with Crippen molar-refractivity contribution in [2.24, 2.45) is 5.92 Å². The number of carbonyl (C=O) groups is 2. The van der Waals surface area contributed by atoms with Crippen LogP contribution in [0.4, 0.5) is 5.69 Å². The minimum absolute atomic E-state index is 0.0490. The number of carbonyl (C=O) groups excluding carboxylic acids is 2. The first-order chi connectivity index (χ1) is 13.9. The Hall–Kier alpha value is -3.33. The zero-order valence-electron chi connectivity index (χ0n) is 16.8. The fourth-order valence-electron chi connectivity index (χ4n) is 3.62. The van der Waals surface area contributed by atoms with Gasteiger partial charge in [0, 0.05) is 12.1 Å². The lowest BCUT2D eigenvalue weighted by Gasteiger charge is -2.40. The molecule has 0 saturated carbocycles. The first kappa shape index (κ1) is 20.4. The minimum Gasteiger partial charge on any atom is -0.497 e. The molecule has 0 radical (unpaired) electrons.